The van der Waals surface area contributed by atoms with Gasteiger partial charge in [0.05, 0.1) is 0 Å². The average molecular weight is 302 g/mol. The van der Waals surface area contributed by atoms with Gasteiger partial charge in [-0.3, -0.25) is 0 Å². The molecule has 0 aliphatic heterocycles. The summed E-state index contributed by atoms with van der Waals surface area (Å²) in [6.45, 7) is 4.53. The van der Waals surface area contributed by atoms with E-state index < -0.39 is 0 Å². The zero-order valence-electron chi connectivity index (χ0n) is 14.0. The highest BCUT2D eigenvalue weighted by Gasteiger charge is 1.94. The molecule has 0 aromatic rings. The number of thiol groups is 1. The summed E-state index contributed by atoms with van der Waals surface area (Å²) in [6, 6.07) is 0. The molecule has 0 aromatic heterocycles. The van der Waals surface area contributed by atoms with Crippen molar-refractivity contribution in [3.8, 4) is 0 Å². The van der Waals surface area contributed by atoms with Crippen LogP contribution in [0.2, 0.25) is 0 Å². The first-order valence-electron chi connectivity index (χ1n) is 9.23. The van der Waals surface area contributed by atoms with Crippen LogP contribution in [0, 0.1) is 0 Å². The summed E-state index contributed by atoms with van der Waals surface area (Å²) in [5.41, 5.74) is 0. The van der Waals surface area contributed by atoms with E-state index in [1.54, 1.807) is 0 Å². The van der Waals surface area contributed by atoms with Crippen molar-refractivity contribution in [3.63, 3.8) is 0 Å². The molecule has 0 aromatic carbocycles. The quantitative estimate of drug-likeness (QED) is 0.248. The highest BCUT2D eigenvalue weighted by molar-refractivity contribution is 7.80. The molecular formula is C18H39NS. The van der Waals surface area contributed by atoms with Crippen LogP contribution >= 0.6 is 12.6 Å². The maximum absolute atomic E-state index is 4.19. The third-order valence-electron chi connectivity index (χ3n) is 4.00. The van der Waals surface area contributed by atoms with E-state index in [9.17, 15) is 0 Å². The first kappa shape index (κ1) is 20.3. The van der Waals surface area contributed by atoms with Crippen molar-refractivity contribution in [3.05, 3.63) is 0 Å². The number of nitrogens with one attached hydrogen (secondary N) is 1. The van der Waals surface area contributed by atoms with Gasteiger partial charge < -0.3 is 5.32 Å². The van der Waals surface area contributed by atoms with Crippen LogP contribution in [-0.4, -0.2) is 18.8 Å². The predicted octanol–water partition coefficient (Wildman–Crippen LogP) is 5.99. The molecule has 0 fully saturated rings. The Bertz CT molecular complexity index is 143. The van der Waals surface area contributed by atoms with Gasteiger partial charge in [0, 0.05) is 12.3 Å². The largest absolute Gasteiger partial charge is 0.316 e. The van der Waals surface area contributed by atoms with E-state index in [2.05, 4.69) is 24.9 Å². The molecule has 0 rings (SSSR count). The molecule has 0 aliphatic carbocycles. The molecule has 0 heterocycles. The summed E-state index contributed by atoms with van der Waals surface area (Å²) in [5, 5.41) is 3.40. The van der Waals surface area contributed by atoms with E-state index in [4.69, 9.17) is 0 Å². The summed E-state index contributed by atoms with van der Waals surface area (Å²) in [7, 11) is 0. The second kappa shape index (κ2) is 19.3. The molecule has 0 unspecified atom stereocenters. The maximum Gasteiger partial charge on any atom is 0.00397 e. The van der Waals surface area contributed by atoms with Gasteiger partial charge in [-0.1, -0.05) is 90.4 Å². The summed E-state index contributed by atoms with van der Waals surface area (Å²) >= 11 is 4.19. The van der Waals surface area contributed by atoms with E-state index in [1.165, 1.54) is 96.4 Å². The molecule has 1 nitrogen and oxygen atoms in total. The number of hydrogen-bond acceptors (Lipinski definition) is 2. The van der Waals surface area contributed by atoms with Crippen molar-refractivity contribution in [2.75, 3.05) is 18.8 Å². The van der Waals surface area contributed by atoms with Crippen LogP contribution < -0.4 is 5.32 Å². The Morgan fingerprint density at radius 1 is 0.550 bits per heavy atom. The molecule has 20 heavy (non-hydrogen) atoms. The van der Waals surface area contributed by atoms with E-state index in [1.807, 2.05) is 0 Å². The van der Waals surface area contributed by atoms with Gasteiger partial charge in [-0.15, -0.1) is 0 Å². The predicted molar refractivity (Wildman–Crippen MR) is 97.0 cm³/mol. The maximum atomic E-state index is 4.19. The first-order valence-corrected chi connectivity index (χ1v) is 9.86. The first-order chi connectivity index (χ1) is 9.91. The van der Waals surface area contributed by atoms with Crippen LogP contribution in [-0.2, 0) is 0 Å². The summed E-state index contributed by atoms with van der Waals surface area (Å²) in [5.74, 6) is 0.957. The van der Waals surface area contributed by atoms with Crippen molar-refractivity contribution in [2.45, 2.75) is 96.8 Å². The van der Waals surface area contributed by atoms with Crippen molar-refractivity contribution in [1.29, 1.82) is 0 Å². The molecule has 0 spiro atoms. The van der Waals surface area contributed by atoms with Crippen LogP contribution in [0.25, 0.3) is 0 Å². The van der Waals surface area contributed by atoms with Gasteiger partial charge >= 0.3 is 0 Å². The lowest BCUT2D eigenvalue weighted by Crippen LogP contribution is -2.17. The van der Waals surface area contributed by atoms with Crippen LogP contribution in [0.5, 0.6) is 0 Å². The monoisotopic (exact) mass is 301 g/mol. The van der Waals surface area contributed by atoms with Gasteiger partial charge in [0.2, 0.25) is 0 Å². The van der Waals surface area contributed by atoms with Crippen LogP contribution in [0.3, 0.4) is 0 Å². The van der Waals surface area contributed by atoms with Gasteiger partial charge in [-0.25, -0.2) is 0 Å². The topological polar surface area (TPSA) is 12.0 Å². The molecule has 0 saturated carbocycles. The lowest BCUT2D eigenvalue weighted by atomic mass is 10.0. The van der Waals surface area contributed by atoms with Gasteiger partial charge in [-0.05, 0) is 13.0 Å². The van der Waals surface area contributed by atoms with E-state index in [0.717, 1.165) is 12.3 Å². The summed E-state index contributed by atoms with van der Waals surface area (Å²) < 4.78 is 0. The van der Waals surface area contributed by atoms with E-state index >= 15 is 0 Å². The molecule has 0 amide bonds. The Kier molecular flexibility index (Phi) is 19.6. The average Bonchev–Trinajstić information content (AvgIpc) is 2.47. The molecule has 0 saturated heterocycles. The van der Waals surface area contributed by atoms with Crippen molar-refractivity contribution in [2.24, 2.45) is 0 Å². The van der Waals surface area contributed by atoms with Gasteiger partial charge in [0.1, 0.15) is 0 Å². The minimum absolute atomic E-state index is 0.957. The number of unbranched alkanes of at least 4 members (excludes halogenated alkanes) is 13. The van der Waals surface area contributed by atoms with Crippen LogP contribution in [0.1, 0.15) is 96.8 Å². The molecular weight excluding hydrogens is 262 g/mol. The molecule has 122 valence electrons. The summed E-state index contributed by atoms with van der Waals surface area (Å²) in [4.78, 5) is 0. The van der Waals surface area contributed by atoms with E-state index in [-0.39, 0.29) is 0 Å². The Balaban J connectivity index is 2.89. The standard InChI is InChI=1S/C18H39NS/c1-2-3-4-5-6-7-8-9-10-11-12-13-14-15-16-19-17-18-20/h19-20H,2-18H2,1H3. The third kappa shape index (κ3) is 18.3. The third-order valence-corrected chi connectivity index (χ3v) is 4.22. The van der Waals surface area contributed by atoms with Gasteiger partial charge in [0.15, 0.2) is 0 Å². The zero-order valence-corrected chi connectivity index (χ0v) is 14.9. The number of rotatable bonds is 17. The molecule has 1 N–H and O–H groups in total. The Hall–Kier alpha value is 0.310. The summed E-state index contributed by atoms with van der Waals surface area (Å²) in [6.07, 6.45) is 20.2. The molecule has 0 bridgehead atoms. The fraction of sp³-hybridized carbons (Fsp3) is 1.00. The normalized spacial score (nSPS) is 11.1. The minimum Gasteiger partial charge on any atom is -0.316 e. The fourth-order valence-electron chi connectivity index (χ4n) is 2.65. The Morgan fingerprint density at radius 2 is 0.950 bits per heavy atom. The second-order valence-corrected chi connectivity index (χ2v) is 6.52. The highest BCUT2D eigenvalue weighted by Crippen LogP contribution is 2.12. The van der Waals surface area contributed by atoms with Crippen LogP contribution in [0.15, 0.2) is 0 Å². The highest BCUT2D eigenvalue weighted by atomic mass is 32.1. The fourth-order valence-corrected chi connectivity index (χ4v) is 2.81. The molecule has 2 heteroatoms. The van der Waals surface area contributed by atoms with E-state index in [0.29, 0.717) is 0 Å². The van der Waals surface area contributed by atoms with Gasteiger partial charge in [0.25, 0.3) is 0 Å². The van der Waals surface area contributed by atoms with Crippen molar-refractivity contribution in [1.82, 2.24) is 5.32 Å². The minimum atomic E-state index is 0.957. The van der Waals surface area contributed by atoms with Gasteiger partial charge in [-0.2, -0.15) is 12.6 Å². The molecule has 0 atom stereocenters. The molecule has 0 radical (unpaired) electrons. The molecule has 0 aliphatic rings. The smallest absolute Gasteiger partial charge is 0.00397 e. The van der Waals surface area contributed by atoms with Crippen molar-refractivity contribution < 1.29 is 0 Å². The Morgan fingerprint density at radius 3 is 1.35 bits per heavy atom. The lowest BCUT2D eigenvalue weighted by Gasteiger charge is -2.04. The number of hydrogen-bond donors (Lipinski definition) is 2. The second-order valence-electron chi connectivity index (χ2n) is 6.07. The lowest BCUT2D eigenvalue weighted by molar-refractivity contribution is 0.531. The Labute approximate surface area is 134 Å². The van der Waals surface area contributed by atoms with Crippen LogP contribution in [0.4, 0.5) is 0 Å². The van der Waals surface area contributed by atoms with Crippen molar-refractivity contribution >= 4 is 12.6 Å². The SMILES string of the molecule is CCCCCCCCCCCCCCCCNCCS. The zero-order chi connectivity index (χ0) is 14.7.